The molecule has 6 nitrogen and oxygen atoms in total. The van der Waals surface area contributed by atoms with Gasteiger partial charge in [-0.15, -0.1) is 29.7 Å². The SMILES string of the molecule is CC(C)(C)c1ccnc(-n2c3[c-]c(Oc4[c-]c5c(cc4)c4cccc6c4n4c(c(-c7ccccc7)nc54)C(C)(C)C6(C)C)ccc3c3cc(-n4c5ccccc5c5ccccc54)ccc32)c1.[Pt+2]. The summed E-state index contributed by atoms with van der Waals surface area (Å²) in [5.41, 5.74) is 12.9. The number of aromatic nitrogens is 5. The van der Waals surface area contributed by atoms with Gasteiger partial charge < -0.3 is 18.3 Å². The Morgan fingerprint density at radius 1 is 0.567 bits per heavy atom. The second-order valence-corrected chi connectivity index (χ2v) is 20.1. The Labute approximate surface area is 403 Å². The number of para-hydroxylation sites is 3. The maximum Gasteiger partial charge on any atom is 2.00 e. The number of rotatable bonds is 5. The standard InChI is InChI=1S/C60H47N5O.Pt/c1-58(2,3)37-30-31-61-53(32-37)64-51-29-24-38(63-49-22-13-11-18-42(49)43-19-12-14-23-50(43)63)33-46(51)44-28-26-40(35-52(44)64)66-39-25-27-41-45-20-15-21-48-55(45)65-56(60(6,7)59(48,4)5)54(36-16-9-8-10-17-36)62-57(65)47(41)34-39;/h8-33H,1-7H3;/q-2;+2. The van der Waals surface area contributed by atoms with Crippen LogP contribution in [0.25, 0.3) is 93.7 Å². The first-order valence-electron chi connectivity index (χ1n) is 22.9. The van der Waals surface area contributed by atoms with Crippen molar-refractivity contribution in [3.05, 3.63) is 187 Å². The van der Waals surface area contributed by atoms with Crippen LogP contribution in [0.2, 0.25) is 0 Å². The Kier molecular flexibility index (Phi) is 8.96. The molecular weight excluding hydrogens is 1000 g/mol. The zero-order chi connectivity index (χ0) is 44.9. The van der Waals surface area contributed by atoms with Gasteiger partial charge in [-0.2, -0.15) is 6.07 Å². The first-order valence-corrected chi connectivity index (χ1v) is 22.9. The van der Waals surface area contributed by atoms with Gasteiger partial charge in [0, 0.05) is 67.3 Å². The van der Waals surface area contributed by atoms with E-state index in [0.29, 0.717) is 11.5 Å². The third kappa shape index (κ3) is 5.85. The fourth-order valence-corrected chi connectivity index (χ4v) is 10.9. The molecule has 0 atom stereocenters. The summed E-state index contributed by atoms with van der Waals surface area (Å²) in [7, 11) is 0. The zero-order valence-electron chi connectivity index (χ0n) is 38.5. The second kappa shape index (κ2) is 14.5. The Hall–Kier alpha value is -7.01. The molecule has 7 heteroatoms. The predicted molar refractivity (Wildman–Crippen MR) is 271 cm³/mol. The molecule has 0 saturated heterocycles. The van der Waals surface area contributed by atoms with Crippen LogP contribution < -0.4 is 4.74 Å². The Morgan fingerprint density at radius 3 is 1.96 bits per heavy atom. The number of pyridine rings is 2. The number of ether oxygens (including phenoxy) is 1. The summed E-state index contributed by atoms with van der Waals surface area (Å²) in [6.45, 7) is 16.2. The van der Waals surface area contributed by atoms with Gasteiger partial charge in [0.1, 0.15) is 5.82 Å². The maximum absolute atomic E-state index is 6.85. The summed E-state index contributed by atoms with van der Waals surface area (Å²) < 4.78 is 13.9. The summed E-state index contributed by atoms with van der Waals surface area (Å²) >= 11 is 0. The van der Waals surface area contributed by atoms with Crippen molar-refractivity contribution in [1.29, 1.82) is 0 Å². The molecule has 0 amide bonds. The summed E-state index contributed by atoms with van der Waals surface area (Å²) in [6.07, 6.45) is 1.92. The molecule has 0 fully saturated rings. The number of hydrogen-bond acceptors (Lipinski definition) is 3. The van der Waals surface area contributed by atoms with Gasteiger partial charge in [0.15, 0.2) is 0 Å². The van der Waals surface area contributed by atoms with Crippen LogP contribution >= 0.6 is 0 Å². The van der Waals surface area contributed by atoms with Gasteiger partial charge in [0.05, 0.1) is 22.4 Å². The number of hydrogen-bond donors (Lipinski definition) is 0. The van der Waals surface area contributed by atoms with E-state index in [1.807, 2.05) is 18.3 Å². The number of benzene rings is 7. The van der Waals surface area contributed by atoms with Gasteiger partial charge in [0.25, 0.3) is 0 Å². The molecule has 0 spiro atoms. The second-order valence-electron chi connectivity index (χ2n) is 20.1. The van der Waals surface area contributed by atoms with E-state index < -0.39 is 0 Å². The van der Waals surface area contributed by atoms with Crippen LogP contribution in [0.15, 0.2) is 158 Å². The summed E-state index contributed by atoms with van der Waals surface area (Å²) in [6, 6.07) is 61.6. The molecule has 12 aromatic rings. The van der Waals surface area contributed by atoms with E-state index in [4.69, 9.17) is 14.7 Å². The predicted octanol–water partition coefficient (Wildman–Crippen LogP) is 15.2. The first-order chi connectivity index (χ1) is 31.9. The minimum absolute atomic E-state index is 0. The molecule has 5 aromatic heterocycles. The van der Waals surface area contributed by atoms with Gasteiger partial charge in [-0.25, -0.2) is 4.98 Å². The van der Waals surface area contributed by atoms with Crippen LogP contribution in [-0.4, -0.2) is 23.5 Å². The molecule has 67 heavy (non-hydrogen) atoms. The van der Waals surface area contributed by atoms with Gasteiger partial charge in [-0.3, -0.25) is 4.98 Å². The third-order valence-electron chi connectivity index (χ3n) is 15.0. The van der Waals surface area contributed by atoms with Gasteiger partial charge in [-0.05, 0) is 69.8 Å². The monoisotopic (exact) mass is 1050 g/mol. The number of imidazole rings is 1. The van der Waals surface area contributed by atoms with E-state index in [1.165, 1.54) is 49.5 Å². The zero-order valence-corrected chi connectivity index (χ0v) is 40.7. The van der Waals surface area contributed by atoms with Crippen molar-refractivity contribution >= 4 is 70.9 Å². The van der Waals surface area contributed by atoms with Crippen molar-refractivity contribution in [2.24, 2.45) is 0 Å². The Bertz CT molecular complexity index is 3960. The van der Waals surface area contributed by atoms with Crippen molar-refractivity contribution in [2.75, 3.05) is 0 Å². The maximum atomic E-state index is 6.85. The first kappa shape index (κ1) is 41.4. The molecule has 0 bridgehead atoms. The van der Waals surface area contributed by atoms with Gasteiger partial charge in [-0.1, -0.05) is 156 Å². The fourth-order valence-electron chi connectivity index (χ4n) is 10.9. The summed E-state index contributed by atoms with van der Waals surface area (Å²) in [5.74, 6) is 2.03. The molecule has 0 aliphatic carbocycles. The van der Waals surface area contributed by atoms with Crippen molar-refractivity contribution in [3.63, 3.8) is 0 Å². The average Bonchev–Trinajstić information content (AvgIpc) is 4.00. The molecule has 7 aromatic carbocycles. The van der Waals surface area contributed by atoms with E-state index in [2.05, 4.69) is 214 Å². The van der Waals surface area contributed by atoms with Crippen molar-refractivity contribution in [2.45, 2.75) is 64.7 Å². The normalized spacial score (nSPS) is 14.3. The molecule has 0 N–H and O–H groups in total. The van der Waals surface area contributed by atoms with Gasteiger partial charge in [0.2, 0.25) is 0 Å². The van der Waals surface area contributed by atoms with Crippen LogP contribution in [0.3, 0.4) is 0 Å². The molecule has 13 rings (SSSR count). The van der Waals surface area contributed by atoms with Crippen LogP contribution in [0.4, 0.5) is 0 Å². The third-order valence-corrected chi connectivity index (χ3v) is 15.0. The molecular formula is C60H47N5OPt. The average molecular weight is 1050 g/mol. The molecule has 1 aliphatic rings. The van der Waals surface area contributed by atoms with E-state index in [0.717, 1.165) is 61.0 Å². The molecule has 0 unspecified atom stereocenters. The largest absolute Gasteiger partial charge is 2.00 e. The van der Waals surface area contributed by atoms with E-state index >= 15 is 0 Å². The molecule has 0 radical (unpaired) electrons. The number of fused-ring (bicyclic) bond motifs is 9. The molecule has 6 heterocycles. The van der Waals surface area contributed by atoms with Crippen LogP contribution in [-0.2, 0) is 37.3 Å². The molecule has 328 valence electrons. The fraction of sp³-hybridized carbons (Fsp3) is 0.167. The quantitative estimate of drug-likeness (QED) is 0.127. The minimum Gasteiger partial charge on any atom is -0.503 e. The minimum atomic E-state index is -0.241. The molecule has 1 aliphatic heterocycles. The van der Waals surface area contributed by atoms with Crippen LogP contribution in [0.1, 0.15) is 65.3 Å². The van der Waals surface area contributed by atoms with Crippen molar-refractivity contribution < 1.29 is 25.8 Å². The topological polar surface area (TPSA) is 49.3 Å². The van der Waals surface area contributed by atoms with Crippen molar-refractivity contribution in [1.82, 2.24) is 23.5 Å². The van der Waals surface area contributed by atoms with Crippen molar-refractivity contribution in [3.8, 4) is 34.3 Å². The smallest absolute Gasteiger partial charge is 0.503 e. The van der Waals surface area contributed by atoms with Gasteiger partial charge >= 0.3 is 21.1 Å². The van der Waals surface area contributed by atoms with E-state index in [1.54, 1.807) is 0 Å². The van der Waals surface area contributed by atoms with E-state index in [-0.39, 0.29) is 37.3 Å². The van der Waals surface area contributed by atoms with Crippen LogP contribution in [0, 0.1) is 12.1 Å². The van der Waals surface area contributed by atoms with Crippen LogP contribution in [0.5, 0.6) is 11.5 Å². The summed E-state index contributed by atoms with van der Waals surface area (Å²) in [4.78, 5) is 10.5. The Balaban J connectivity index is 0.00000468. The summed E-state index contributed by atoms with van der Waals surface area (Å²) in [5, 5.41) is 7.85. The van der Waals surface area contributed by atoms with E-state index in [9.17, 15) is 0 Å². The number of nitrogens with zero attached hydrogens (tertiary/aromatic N) is 5. The Morgan fingerprint density at radius 2 is 1.22 bits per heavy atom. The molecule has 0 saturated carbocycles.